The Hall–Kier alpha value is -4.13. The second-order valence-electron chi connectivity index (χ2n) is 7.01. The summed E-state index contributed by atoms with van der Waals surface area (Å²) < 4.78 is 5.39. The van der Waals surface area contributed by atoms with Gasteiger partial charge in [0.1, 0.15) is 17.2 Å². The molecule has 3 rings (SSSR count). The van der Waals surface area contributed by atoms with E-state index in [2.05, 4.69) is 15.8 Å². The first-order valence-electron chi connectivity index (χ1n) is 9.68. The van der Waals surface area contributed by atoms with Crippen LogP contribution in [0.5, 0.6) is 0 Å². The third-order valence-corrected chi connectivity index (χ3v) is 4.37. The van der Waals surface area contributed by atoms with Gasteiger partial charge in [-0.15, -0.1) is 0 Å². The van der Waals surface area contributed by atoms with Crippen LogP contribution in [-0.4, -0.2) is 32.1 Å². The fourth-order valence-corrected chi connectivity index (χ4v) is 2.72. The molecule has 0 saturated heterocycles. The van der Waals surface area contributed by atoms with E-state index in [0.29, 0.717) is 11.3 Å². The van der Waals surface area contributed by atoms with E-state index in [-0.39, 0.29) is 5.70 Å². The van der Waals surface area contributed by atoms with Crippen molar-refractivity contribution >= 4 is 29.8 Å². The van der Waals surface area contributed by atoms with Crippen LogP contribution in [-0.2, 0) is 4.79 Å². The van der Waals surface area contributed by atoms with Gasteiger partial charge in [0, 0.05) is 25.3 Å². The molecule has 31 heavy (non-hydrogen) atoms. The van der Waals surface area contributed by atoms with Gasteiger partial charge in [0.2, 0.25) is 0 Å². The molecule has 0 bridgehead atoms. The van der Waals surface area contributed by atoms with Crippen molar-refractivity contribution in [3.63, 3.8) is 0 Å². The Labute approximate surface area is 181 Å². The van der Waals surface area contributed by atoms with E-state index < -0.39 is 11.8 Å². The molecule has 0 atom stereocenters. The lowest BCUT2D eigenvalue weighted by Gasteiger charge is -2.12. The molecule has 7 heteroatoms. The molecule has 0 saturated carbocycles. The number of hydrazone groups is 1. The Morgan fingerprint density at radius 1 is 0.968 bits per heavy atom. The minimum atomic E-state index is -0.555. The number of benzene rings is 2. The second kappa shape index (κ2) is 10.1. The Morgan fingerprint density at radius 3 is 2.29 bits per heavy atom. The molecule has 0 aliphatic rings. The molecule has 0 unspecified atom stereocenters. The summed E-state index contributed by atoms with van der Waals surface area (Å²) in [6.07, 6.45) is 3.00. The highest BCUT2D eigenvalue weighted by Gasteiger charge is 2.14. The van der Waals surface area contributed by atoms with Gasteiger partial charge >= 0.3 is 0 Å². The number of rotatable bonds is 7. The molecule has 0 spiro atoms. The average molecular weight is 416 g/mol. The SMILES string of the molecule is Cc1ccc(/C=N\NC(=O)/C(=C/c2ccc(N(C)C)cc2)NC(=O)c2ccccc2)o1. The van der Waals surface area contributed by atoms with Gasteiger partial charge in [-0.2, -0.15) is 5.10 Å². The Bertz CT molecular complexity index is 1100. The van der Waals surface area contributed by atoms with Crippen LogP contribution in [0, 0.1) is 6.92 Å². The van der Waals surface area contributed by atoms with Crippen LogP contribution in [0.25, 0.3) is 6.08 Å². The molecule has 0 aliphatic carbocycles. The molecule has 7 nitrogen and oxygen atoms in total. The number of nitrogens with one attached hydrogen (secondary N) is 2. The van der Waals surface area contributed by atoms with Crippen LogP contribution in [0.15, 0.2) is 81.9 Å². The van der Waals surface area contributed by atoms with Gasteiger partial charge in [0.25, 0.3) is 11.8 Å². The lowest BCUT2D eigenvalue weighted by atomic mass is 10.1. The van der Waals surface area contributed by atoms with Crippen LogP contribution in [0.2, 0.25) is 0 Å². The van der Waals surface area contributed by atoms with E-state index in [4.69, 9.17) is 4.42 Å². The average Bonchev–Trinajstić information content (AvgIpc) is 3.19. The zero-order chi connectivity index (χ0) is 22.2. The van der Waals surface area contributed by atoms with Crippen molar-refractivity contribution in [3.05, 3.63) is 95.1 Å². The molecule has 2 amide bonds. The van der Waals surface area contributed by atoms with Crippen LogP contribution >= 0.6 is 0 Å². The standard InChI is InChI=1S/C24H24N4O3/c1-17-9-14-21(31-17)16-25-27-24(30)22(26-23(29)19-7-5-4-6-8-19)15-18-10-12-20(13-11-18)28(2)3/h4-16H,1-3H3,(H,26,29)(H,27,30)/b22-15-,25-16-. The zero-order valence-electron chi connectivity index (χ0n) is 17.6. The van der Waals surface area contributed by atoms with Gasteiger partial charge in [-0.05, 0) is 55.0 Å². The summed E-state index contributed by atoms with van der Waals surface area (Å²) >= 11 is 0. The number of hydrogen-bond donors (Lipinski definition) is 2. The molecule has 0 aliphatic heterocycles. The summed E-state index contributed by atoms with van der Waals surface area (Å²) in [5.74, 6) is 0.304. The minimum Gasteiger partial charge on any atom is -0.460 e. The molecule has 1 heterocycles. The molecule has 2 N–H and O–H groups in total. The summed E-state index contributed by atoms with van der Waals surface area (Å²) in [6, 6.07) is 19.8. The molecule has 1 aromatic heterocycles. The van der Waals surface area contributed by atoms with Crippen LogP contribution in [0.3, 0.4) is 0 Å². The van der Waals surface area contributed by atoms with Gasteiger partial charge in [-0.25, -0.2) is 5.43 Å². The third-order valence-electron chi connectivity index (χ3n) is 4.37. The molecule has 158 valence electrons. The number of furan rings is 1. The summed E-state index contributed by atoms with van der Waals surface area (Å²) in [5.41, 5.74) is 4.72. The lowest BCUT2D eigenvalue weighted by Crippen LogP contribution is -2.32. The molecular weight excluding hydrogens is 392 g/mol. The van der Waals surface area contributed by atoms with Gasteiger partial charge in [0.05, 0.1) is 6.21 Å². The number of carbonyl (C=O) groups excluding carboxylic acids is 2. The highest BCUT2D eigenvalue weighted by Crippen LogP contribution is 2.14. The van der Waals surface area contributed by atoms with Gasteiger partial charge in [-0.1, -0.05) is 30.3 Å². The maximum Gasteiger partial charge on any atom is 0.287 e. The van der Waals surface area contributed by atoms with E-state index in [1.807, 2.05) is 56.3 Å². The highest BCUT2D eigenvalue weighted by atomic mass is 16.3. The first-order valence-corrected chi connectivity index (χ1v) is 9.68. The van der Waals surface area contributed by atoms with Crippen molar-refractivity contribution in [2.24, 2.45) is 5.10 Å². The quantitative estimate of drug-likeness (QED) is 0.350. The van der Waals surface area contributed by atoms with Crippen LogP contribution in [0.4, 0.5) is 5.69 Å². The normalized spacial score (nSPS) is 11.4. The smallest absolute Gasteiger partial charge is 0.287 e. The van der Waals surface area contributed by atoms with E-state index in [0.717, 1.165) is 17.0 Å². The van der Waals surface area contributed by atoms with Crippen molar-refractivity contribution in [3.8, 4) is 0 Å². The van der Waals surface area contributed by atoms with E-state index in [9.17, 15) is 9.59 Å². The fraction of sp³-hybridized carbons (Fsp3) is 0.125. The van der Waals surface area contributed by atoms with Crippen molar-refractivity contribution in [1.29, 1.82) is 0 Å². The largest absolute Gasteiger partial charge is 0.460 e. The fourth-order valence-electron chi connectivity index (χ4n) is 2.72. The number of carbonyl (C=O) groups is 2. The maximum absolute atomic E-state index is 12.7. The highest BCUT2D eigenvalue weighted by molar-refractivity contribution is 6.05. The zero-order valence-corrected chi connectivity index (χ0v) is 17.6. The number of hydrogen-bond acceptors (Lipinski definition) is 5. The minimum absolute atomic E-state index is 0.0687. The summed E-state index contributed by atoms with van der Waals surface area (Å²) in [6.45, 7) is 1.82. The predicted molar refractivity (Wildman–Crippen MR) is 122 cm³/mol. The molecule has 0 radical (unpaired) electrons. The third kappa shape index (κ3) is 6.17. The Balaban J connectivity index is 1.81. The van der Waals surface area contributed by atoms with E-state index >= 15 is 0 Å². The van der Waals surface area contributed by atoms with E-state index in [1.54, 1.807) is 42.5 Å². The van der Waals surface area contributed by atoms with Crippen molar-refractivity contribution in [1.82, 2.24) is 10.7 Å². The maximum atomic E-state index is 12.7. The monoisotopic (exact) mass is 416 g/mol. The molecule has 3 aromatic rings. The number of nitrogens with zero attached hydrogens (tertiary/aromatic N) is 2. The van der Waals surface area contributed by atoms with E-state index in [1.165, 1.54) is 6.21 Å². The topological polar surface area (TPSA) is 86.9 Å². The van der Waals surface area contributed by atoms with Gasteiger partial charge in [0.15, 0.2) is 0 Å². The lowest BCUT2D eigenvalue weighted by molar-refractivity contribution is -0.117. The second-order valence-corrected chi connectivity index (χ2v) is 7.01. The molecular formula is C24H24N4O3. The number of amides is 2. The van der Waals surface area contributed by atoms with Crippen molar-refractivity contribution in [2.45, 2.75) is 6.92 Å². The predicted octanol–water partition coefficient (Wildman–Crippen LogP) is 3.58. The summed E-state index contributed by atoms with van der Waals surface area (Å²) in [7, 11) is 3.89. The Morgan fingerprint density at radius 2 is 1.68 bits per heavy atom. The molecule has 0 fully saturated rings. The van der Waals surface area contributed by atoms with Crippen molar-refractivity contribution in [2.75, 3.05) is 19.0 Å². The first kappa shape index (κ1) is 21.6. The van der Waals surface area contributed by atoms with Crippen LogP contribution in [0.1, 0.15) is 27.4 Å². The van der Waals surface area contributed by atoms with Gasteiger partial charge in [-0.3, -0.25) is 9.59 Å². The van der Waals surface area contributed by atoms with Crippen LogP contribution < -0.4 is 15.6 Å². The first-order chi connectivity index (χ1) is 14.9. The number of aryl methyl sites for hydroxylation is 1. The Kier molecular flexibility index (Phi) is 7.01. The summed E-state index contributed by atoms with van der Waals surface area (Å²) in [4.78, 5) is 27.3. The van der Waals surface area contributed by atoms with Gasteiger partial charge < -0.3 is 14.6 Å². The molecule has 2 aromatic carbocycles. The van der Waals surface area contributed by atoms with Crippen molar-refractivity contribution < 1.29 is 14.0 Å². The number of anilines is 1. The summed E-state index contributed by atoms with van der Waals surface area (Å²) in [5, 5.41) is 6.59.